The third kappa shape index (κ3) is 3.75. The maximum Gasteiger partial charge on any atom is 0.374 e. The standard InChI is InChI=1S/C31H27ClN3O/c1-3-33-27-21-24(32)17-18-26(27)35(25-13-6-5-7-14-25)30(33)15-10-16-31-34(4-2)28-19-22-11-8-9-12-23(22)20-29(28)36-31/h5-21H,3-4H2,1-2H3/q+1. The molecule has 0 aliphatic carbocycles. The highest BCUT2D eigenvalue weighted by atomic mass is 35.5. The molecule has 0 unspecified atom stereocenters. The molecule has 0 fully saturated rings. The van der Waals surface area contributed by atoms with Gasteiger partial charge < -0.3 is 9.32 Å². The van der Waals surface area contributed by atoms with E-state index in [9.17, 15) is 0 Å². The van der Waals surface area contributed by atoms with Gasteiger partial charge in [-0.3, -0.25) is 4.90 Å². The quantitative estimate of drug-likeness (QED) is 0.232. The molecular formula is C31H27ClN3O+. The fraction of sp³-hybridized carbons (Fsp3) is 0.129. The first kappa shape index (κ1) is 22.4. The average molecular weight is 493 g/mol. The van der Waals surface area contributed by atoms with Gasteiger partial charge in [-0.15, -0.1) is 0 Å². The molecule has 2 heterocycles. The van der Waals surface area contributed by atoms with Crippen LogP contribution in [0.2, 0.25) is 5.02 Å². The first-order valence-corrected chi connectivity index (χ1v) is 12.7. The number of allylic oxidation sites excluding steroid dienone is 2. The van der Waals surface area contributed by atoms with Gasteiger partial charge in [-0.05, 0) is 73.2 Å². The number of anilines is 3. The van der Waals surface area contributed by atoms with Gasteiger partial charge in [0, 0.05) is 23.3 Å². The van der Waals surface area contributed by atoms with Gasteiger partial charge in [0.1, 0.15) is 12.4 Å². The fourth-order valence-electron chi connectivity index (χ4n) is 5.07. The van der Waals surface area contributed by atoms with Crippen molar-refractivity contribution in [3.05, 3.63) is 114 Å². The van der Waals surface area contributed by atoms with Crippen molar-refractivity contribution in [1.82, 2.24) is 0 Å². The molecule has 36 heavy (non-hydrogen) atoms. The summed E-state index contributed by atoms with van der Waals surface area (Å²) in [7, 11) is 0. The second-order valence-corrected chi connectivity index (χ2v) is 9.22. The van der Waals surface area contributed by atoms with Crippen molar-refractivity contribution >= 4 is 56.6 Å². The molecule has 6 rings (SSSR count). The van der Waals surface area contributed by atoms with E-state index >= 15 is 0 Å². The lowest BCUT2D eigenvalue weighted by Gasteiger charge is -2.24. The Bertz CT molecular complexity index is 1630. The lowest BCUT2D eigenvalue weighted by atomic mass is 10.1. The van der Waals surface area contributed by atoms with E-state index in [1.54, 1.807) is 0 Å². The Balaban J connectivity index is 1.44. The van der Waals surface area contributed by atoms with Crippen LogP contribution in [0.25, 0.3) is 27.9 Å². The number of nitrogens with zero attached hydrogens (tertiary/aromatic N) is 3. The van der Waals surface area contributed by atoms with Crippen molar-refractivity contribution in [2.45, 2.75) is 20.4 Å². The summed E-state index contributed by atoms with van der Waals surface area (Å²) in [6, 6.07) is 29.2. The third-order valence-electron chi connectivity index (χ3n) is 6.70. The fourth-order valence-corrected chi connectivity index (χ4v) is 5.23. The molecule has 0 radical (unpaired) electrons. The molecule has 5 aromatic rings. The van der Waals surface area contributed by atoms with Gasteiger partial charge in [-0.1, -0.05) is 54.1 Å². The number of halogens is 1. The van der Waals surface area contributed by atoms with Gasteiger partial charge in [-0.2, -0.15) is 4.57 Å². The average Bonchev–Trinajstić information content (AvgIpc) is 3.41. The zero-order valence-electron chi connectivity index (χ0n) is 20.4. The van der Waals surface area contributed by atoms with Crippen LogP contribution in [0.1, 0.15) is 19.7 Å². The normalized spacial score (nSPS) is 14.6. The zero-order chi connectivity index (χ0) is 24.6. The molecule has 5 heteroatoms. The van der Waals surface area contributed by atoms with E-state index in [2.05, 4.69) is 107 Å². The number of rotatable bonds is 5. The van der Waals surface area contributed by atoms with Gasteiger partial charge in [-0.25, -0.2) is 0 Å². The summed E-state index contributed by atoms with van der Waals surface area (Å²) in [5.74, 6) is 1.90. The zero-order valence-corrected chi connectivity index (χ0v) is 21.1. The minimum Gasteiger partial charge on any atom is -0.398 e. The van der Waals surface area contributed by atoms with E-state index < -0.39 is 0 Å². The Morgan fingerprint density at radius 2 is 1.61 bits per heavy atom. The van der Waals surface area contributed by atoms with E-state index in [4.69, 9.17) is 16.0 Å². The van der Waals surface area contributed by atoms with Gasteiger partial charge >= 0.3 is 5.89 Å². The molecule has 178 valence electrons. The van der Waals surface area contributed by atoms with E-state index in [-0.39, 0.29) is 0 Å². The van der Waals surface area contributed by atoms with Crippen LogP contribution in [-0.2, 0) is 6.54 Å². The van der Waals surface area contributed by atoms with E-state index in [0.717, 1.165) is 58.0 Å². The smallest absolute Gasteiger partial charge is 0.374 e. The number of aryl methyl sites for hydroxylation is 1. The maximum absolute atomic E-state index is 6.39. The maximum atomic E-state index is 6.39. The number of hydrogen-bond acceptors (Lipinski definition) is 3. The number of aromatic nitrogens is 1. The molecule has 1 aliphatic rings. The Hall–Kier alpha value is -4.02. The molecule has 0 atom stereocenters. The van der Waals surface area contributed by atoms with Crippen LogP contribution in [-0.4, -0.2) is 6.54 Å². The summed E-state index contributed by atoms with van der Waals surface area (Å²) in [6.07, 6.45) is 6.27. The predicted molar refractivity (Wildman–Crippen MR) is 150 cm³/mol. The molecule has 1 aromatic heterocycles. The summed E-state index contributed by atoms with van der Waals surface area (Å²) in [6.45, 7) is 5.95. The first-order chi connectivity index (χ1) is 17.7. The van der Waals surface area contributed by atoms with Crippen LogP contribution in [0, 0.1) is 0 Å². The van der Waals surface area contributed by atoms with Crippen molar-refractivity contribution in [1.29, 1.82) is 0 Å². The number of fused-ring (bicyclic) bond motifs is 3. The van der Waals surface area contributed by atoms with E-state index in [0.29, 0.717) is 0 Å². The van der Waals surface area contributed by atoms with Gasteiger partial charge in [0.15, 0.2) is 0 Å². The number of para-hydroxylation sites is 1. The molecule has 0 bridgehead atoms. The molecule has 1 aliphatic heterocycles. The van der Waals surface area contributed by atoms with Crippen LogP contribution < -0.4 is 14.4 Å². The molecule has 4 nitrogen and oxygen atoms in total. The second kappa shape index (κ2) is 9.21. The molecular weight excluding hydrogens is 466 g/mol. The molecule has 0 saturated heterocycles. The lowest BCUT2D eigenvalue weighted by Crippen LogP contribution is -2.33. The molecule has 0 amide bonds. The summed E-state index contributed by atoms with van der Waals surface area (Å²) in [5, 5.41) is 3.12. The Labute approximate surface area is 215 Å². The molecule has 0 saturated carbocycles. The lowest BCUT2D eigenvalue weighted by molar-refractivity contribution is -0.674. The van der Waals surface area contributed by atoms with E-state index in [1.807, 2.05) is 24.3 Å². The highest BCUT2D eigenvalue weighted by molar-refractivity contribution is 6.31. The largest absolute Gasteiger partial charge is 0.398 e. The number of benzene rings is 4. The first-order valence-electron chi connectivity index (χ1n) is 12.3. The second-order valence-electron chi connectivity index (χ2n) is 8.78. The number of oxazole rings is 1. The Morgan fingerprint density at radius 3 is 2.36 bits per heavy atom. The van der Waals surface area contributed by atoms with Crippen LogP contribution in [0.15, 0.2) is 107 Å². The van der Waals surface area contributed by atoms with Crippen LogP contribution >= 0.6 is 11.6 Å². The van der Waals surface area contributed by atoms with E-state index in [1.165, 1.54) is 10.8 Å². The summed E-state index contributed by atoms with van der Waals surface area (Å²) < 4.78 is 8.52. The van der Waals surface area contributed by atoms with Crippen molar-refractivity contribution in [3.63, 3.8) is 0 Å². The topological polar surface area (TPSA) is 23.5 Å². The predicted octanol–water partition coefficient (Wildman–Crippen LogP) is 8.08. The van der Waals surface area contributed by atoms with Crippen molar-refractivity contribution < 1.29 is 8.98 Å². The molecule has 4 aromatic carbocycles. The van der Waals surface area contributed by atoms with Crippen LogP contribution in [0.3, 0.4) is 0 Å². The van der Waals surface area contributed by atoms with Gasteiger partial charge in [0.25, 0.3) is 5.52 Å². The third-order valence-corrected chi connectivity index (χ3v) is 6.94. The molecule has 0 spiro atoms. The highest BCUT2D eigenvalue weighted by Crippen LogP contribution is 2.46. The molecule has 0 N–H and O–H groups in total. The summed E-state index contributed by atoms with van der Waals surface area (Å²) in [5.41, 5.74) is 5.33. The van der Waals surface area contributed by atoms with Crippen LogP contribution in [0.5, 0.6) is 0 Å². The minimum absolute atomic E-state index is 0.732. The summed E-state index contributed by atoms with van der Waals surface area (Å²) >= 11 is 6.39. The Kier molecular flexibility index (Phi) is 5.74. The summed E-state index contributed by atoms with van der Waals surface area (Å²) in [4.78, 5) is 4.57. The number of hydrogen-bond donors (Lipinski definition) is 0. The van der Waals surface area contributed by atoms with Crippen LogP contribution in [0.4, 0.5) is 17.1 Å². The Morgan fingerprint density at radius 1 is 0.861 bits per heavy atom. The monoisotopic (exact) mass is 492 g/mol. The van der Waals surface area contributed by atoms with Gasteiger partial charge in [0.05, 0.1) is 17.5 Å². The SMILES string of the molecule is CCN1C(=CC=Cc2oc3cc4ccccc4cc3[n+]2CC)N(c2ccccc2)c2ccc(Cl)cc21. The van der Waals surface area contributed by atoms with Crippen molar-refractivity contribution in [3.8, 4) is 0 Å². The highest BCUT2D eigenvalue weighted by Gasteiger charge is 2.31. The van der Waals surface area contributed by atoms with Gasteiger partial charge in [0.2, 0.25) is 5.58 Å². The van der Waals surface area contributed by atoms with Crippen molar-refractivity contribution in [2.24, 2.45) is 0 Å². The van der Waals surface area contributed by atoms with Crippen molar-refractivity contribution in [2.75, 3.05) is 16.3 Å². The minimum atomic E-state index is 0.732.